The summed E-state index contributed by atoms with van der Waals surface area (Å²) in [6, 6.07) is 8.92. The van der Waals surface area contributed by atoms with Crippen molar-refractivity contribution in [1.82, 2.24) is 9.97 Å². The number of ether oxygens (including phenoxy) is 2. The number of aromatic nitrogens is 2. The number of aliphatic hydroxyl groups is 1. The fourth-order valence-corrected chi connectivity index (χ4v) is 4.81. The van der Waals surface area contributed by atoms with E-state index in [4.69, 9.17) is 9.47 Å². The minimum Gasteiger partial charge on any atom is -0.507 e. The lowest BCUT2D eigenvalue weighted by Crippen LogP contribution is -2.29. The van der Waals surface area contributed by atoms with Gasteiger partial charge in [0.05, 0.1) is 23.9 Å². The molecule has 1 N–H and O–H groups in total. The maximum absolute atomic E-state index is 13.3. The Morgan fingerprint density at radius 3 is 2.69 bits per heavy atom. The number of hydrogen-bond donors (Lipinski definition) is 1. The van der Waals surface area contributed by atoms with E-state index in [9.17, 15) is 19.5 Å². The summed E-state index contributed by atoms with van der Waals surface area (Å²) in [5.41, 5.74) is 1.10. The van der Waals surface area contributed by atoms with Crippen LogP contribution in [0.2, 0.25) is 0 Å². The van der Waals surface area contributed by atoms with Gasteiger partial charge in [-0.2, -0.15) is 0 Å². The number of anilines is 1. The second kappa shape index (κ2) is 10.5. The van der Waals surface area contributed by atoms with Crippen molar-refractivity contribution in [2.24, 2.45) is 0 Å². The molecule has 1 aliphatic rings. The van der Waals surface area contributed by atoms with E-state index in [-0.39, 0.29) is 27.9 Å². The average Bonchev–Trinajstić information content (AvgIpc) is 3.39. The first-order chi connectivity index (χ1) is 17.4. The zero-order valence-corrected chi connectivity index (χ0v) is 20.4. The van der Waals surface area contributed by atoms with E-state index in [1.54, 1.807) is 43.3 Å². The monoisotopic (exact) mass is 505 g/mol. The van der Waals surface area contributed by atoms with Crippen LogP contribution in [-0.4, -0.2) is 45.9 Å². The summed E-state index contributed by atoms with van der Waals surface area (Å²) in [4.78, 5) is 48.8. The SMILES string of the molecule is C=CCOC(=O)c1sc(N2C(=O)C(=O)/C(=C(/O)c3cccc(OCC)c3)C2c2ccncc2)nc1C. The number of Topliss-reactive ketones (excluding diaryl/α,β-unsaturated/α-hetero) is 1. The summed E-state index contributed by atoms with van der Waals surface area (Å²) in [6.45, 7) is 7.41. The van der Waals surface area contributed by atoms with Crippen LogP contribution in [0.1, 0.15) is 39.5 Å². The zero-order valence-electron chi connectivity index (χ0n) is 19.6. The molecule has 36 heavy (non-hydrogen) atoms. The van der Waals surface area contributed by atoms with E-state index in [0.29, 0.717) is 29.2 Å². The molecule has 2 aromatic heterocycles. The lowest BCUT2D eigenvalue weighted by atomic mass is 9.96. The largest absolute Gasteiger partial charge is 0.507 e. The third-order valence-electron chi connectivity index (χ3n) is 5.39. The van der Waals surface area contributed by atoms with Crippen LogP contribution in [0.4, 0.5) is 5.13 Å². The highest BCUT2D eigenvalue weighted by molar-refractivity contribution is 7.17. The summed E-state index contributed by atoms with van der Waals surface area (Å²) in [5, 5.41) is 11.4. The molecular weight excluding hydrogens is 482 g/mol. The molecule has 0 saturated carbocycles. The number of carbonyl (C=O) groups is 3. The minimum atomic E-state index is -0.994. The predicted molar refractivity (Wildman–Crippen MR) is 134 cm³/mol. The molecule has 1 fully saturated rings. The Morgan fingerprint density at radius 1 is 1.25 bits per heavy atom. The van der Waals surface area contributed by atoms with Crippen LogP contribution in [0, 0.1) is 6.92 Å². The predicted octanol–water partition coefficient (Wildman–Crippen LogP) is 4.21. The first kappa shape index (κ1) is 24.8. The molecule has 0 bridgehead atoms. The van der Waals surface area contributed by atoms with Crippen LogP contribution in [0.5, 0.6) is 5.75 Å². The number of esters is 1. The first-order valence-corrected chi connectivity index (χ1v) is 11.9. The normalized spacial score (nSPS) is 16.7. The molecular formula is C26H23N3O6S. The minimum absolute atomic E-state index is 0.0217. The molecule has 1 amide bonds. The van der Waals surface area contributed by atoms with Crippen molar-refractivity contribution < 1.29 is 29.0 Å². The molecule has 3 aromatic rings. The van der Waals surface area contributed by atoms with Crippen molar-refractivity contribution in [3.8, 4) is 5.75 Å². The Labute approximate surface area is 211 Å². The quantitative estimate of drug-likeness (QED) is 0.159. The second-order valence-corrected chi connectivity index (χ2v) is 8.69. The lowest BCUT2D eigenvalue weighted by Gasteiger charge is -2.22. The van der Waals surface area contributed by atoms with Crippen molar-refractivity contribution in [1.29, 1.82) is 0 Å². The van der Waals surface area contributed by atoms with Crippen LogP contribution in [0.15, 0.2) is 67.0 Å². The van der Waals surface area contributed by atoms with Gasteiger partial charge < -0.3 is 14.6 Å². The Bertz CT molecular complexity index is 1370. The molecule has 4 rings (SSSR count). The van der Waals surface area contributed by atoms with Gasteiger partial charge in [-0.3, -0.25) is 19.5 Å². The van der Waals surface area contributed by atoms with E-state index in [0.717, 1.165) is 11.3 Å². The van der Waals surface area contributed by atoms with Gasteiger partial charge in [0.25, 0.3) is 5.78 Å². The van der Waals surface area contributed by atoms with E-state index in [2.05, 4.69) is 16.5 Å². The van der Waals surface area contributed by atoms with Gasteiger partial charge in [0.1, 0.15) is 23.0 Å². The summed E-state index contributed by atoms with van der Waals surface area (Å²) < 4.78 is 10.6. The van der Waals surface area contributed by atoms with E-state index in [1.165, 1.54) is 23.4 Å². The number of thiazole rings is 1. The lowest BCUT2D eigenvalue weighted by molar-refractivity contribution is -0.132. The summed E-state index contributed by atoms with van der Waals surface area (Å²) in [5.74, 6) is -2.20. The zero-order chi connectivity index (χ0) is 25.8. The highest BCUT2D eigenvalue weighted by atomic mass is 32.1. The van der Waals surface area contributed by atoms with E-state index >= 15 is 0 Å². The van der Waals surface area contributed by atoms with Crippen molar-refractivity contribution in [3.63, 3.8) is 0 Å². The average molecular weight is 506 g/mol. The van der Waals surface area contributed by atoms with Gasteiger partial charge in [-0.15, -0.1) is 0 Å². The van der Waals surface area contributed by atoms with E-state index in [1.807, 2.05) is 6.92 Å². The molecule has 184 valence electrons. The molecule has 0 radical (unpaired) electrons. The third kappa shape index (κ3) is 4.63. The molecule has 1 aromatic carbocycles. The fraction of sp³-hybridized carbons (Fsp3) is 0.192. The molecule has 10 heteroatoms. The Hall–Kier alpha value is -4.31. The van der Waals surface area contributed by atoms with Gasteiger partial charge >= 0.3 is 11.9 Å². The smallest absolute Gasteiger partial charge is 0.350 e. The summed E-state index contributed by atoms with van der Waals surface area (Å²) >= 11 is 0.931. The number of nitrogens with zero attached hydrogens (tertiary/aromatic N) is 3. The molecule has 1 unspecified atom stereocenters. The highest BCUT2D eigenvalue weighted by Gasteiger charge is 2.48. The van der Waals surface area contributed by atoms with Crippen molar-refractivity contribution in [2.45, 2.75) is 19.9 Å². The summed E-state index contributed by atoms with van der Waals surface area (Å²) in [7, 11) is 0. The number of rotatable bonds is 8. The van der Waals surface area contributed by atoms with Gasteiger partial charge in [-0.25, -0.2) is 9.78 Å². The maximum atomic E-state index is 13.3. The molecule has 1 aliphatic heterocycles. The molecule has 1 saturated heterocycles. The van der Waals surface area contributed by atoms with Crippen LogP contribution in [-0.2, 0) is 14.3 Å². The number of ketones is 1. The second-order valence-electron chi connectivity index (χ2n) is 7.71. The Balaban J connectivity index is 1.86. The number of benzene rings is 1. The highest BCUT2D eigenvalue weighted by Crippen LogP contribution is 2.44. The number of aryl methyl sites for hydroxylation is 1. The standard InChI is InChI=1S/C26H23N3O6S/c1-4-13-35-25(33)23-15(3)28-26(36-23)29-20(16-9-11-27-12-10-16)19(22(31)24(29)32)21(30)17-7-6-8-18(14-17)34-5-2/h4,6-12,14,20,30H,1,5,13H2,2-3H3/b21-19+. The van der Waals surface area contributed by atoms with Gasteiger partial charge in [0, 0.05) is 18.0 Å². The molecule has 3 heterocycles. The molecule has 0 spiro atoms. The topological polar surface area (TPSA) is 119 Å². The summed E-state index contributed by atoms with van der Waals surface area (Å²) in [6.07, 6.45) is 4.49. The van der Waals surface area contributed by atoms with Crippen molar-refractivity contribution in [3.05, 3.63) is 88.7 Å². The molecule has 9 nitrogen and oxygen atoms in total. The van der Waals surface area contributed by atoms with Crippen LogP contribution in [0.3, 0.4) is 0 Å². The number of pyridine rings is 1. The molecule has 0 aliphatic carbocycles. The van der Waals surface area contributed by atoms with Gasteiger partial charge in [-0.05, 0) is 43.7 Å². The number of hydrogen-bond acceptors (Lipinski definition) is 9. The first-order valence-electron chi connectivity index (χ1n) is 11.1. The van der Waals surface area contributed by atoms with Gasteiger partial charge in [-0.1, -0.05) is 36.1 Å². The van der Waals surface area contributed by atoms with Crippen molar-refractivity contribution in [2.75, 3.05) is 18.1 Å². The Morgan fingerprint density at radius 2 is 2.00 bits per heavy atom. The Kier molecular flexibility index (Phi) is 7.25. The molecule has 1 atom stereocenters. The number of amides is 1. The van der Waals surface area contributed by atoms with Crippen LogP contribution < -0.4 is 9.64 Å². The van der Waals surface area contributed by atoms with Crippen LogP contribution >= 0.6 is 11.3 Å². The van der Waals surface area contributed by atoms with Crippen LogP contribution in [0.25, 0.3) is 5.76 Å². The van der Waals surface area contributed by atoms with E-state index < -0.39 is 23.7 Å². The maximum Gasteiger partial charge on any atom is 0.350 e. The fourth-order valence-electron chi connectivity index (χ4n) is 3.82. The number of aliphatic hydroxyl groups excluding tert-OH is 1. The van der Waals surface area contributed by atoms with Crippen molar-refractivity contribution >= 4 is 39.9 Å². The van der Waals surface area contributed by atoms with Gasteiger partial charge in [0.2, 0.25) is 0 Å². The third-order valence-corrected chi connectivity index (χ3v) is 6.53. The number of carbonyl (C=O) groups excluding carboxylic acids is 3. The van der Waals surface area contributed by atoms with Gasteiger partial charge in [0.15, 0.2) is 5.13 Å².